The Morgan fingerprint density at radius 2 is 0.914 bits per heavy atom. The first kappa shape index (κ1) is 43.7. The molecule has 0 saturated carbocycles. The number of aliphatic hydroxyl groups is 1. The summed E-state index contributed by atoms with van der Waals surface area (Å²) < 4.78 is 0. The summed E-state index contributed by atoms with van der Waals surface area (Å²) >= 11 is 0. The molecule has 0 aromatic carbocycles. The number of allylic oxidation sites excluding steroid dienone is 9. The van der Waals surface area contributed by atoms with Crippen molar-refractivity contribution in [3.8, 4) is 0 Å². The van der Waals surface area contributed by atoms with Crippen LogP contribution in [0.15, 0.2) is 58.7 Å². The average molecular weight is 493 g/mol. The zero-order valence-corrected chi connectivity index (χ0v) is 27.5. The third kappa shape index (κ3) is 54.8. The molecule has 0 atom stereocenters. The van der Waals surface area contributed by atoms with Crippen molar-refractivity contribution in [2.75, 3.05) is 0 Å². The van der Waals surface area contributed by atoms with E-state index in [2.05, 4.69) is 107 Å². The molecule has 0 aliphatic carbocycles. The Balaban J connectivity index is -0.000000121. The van der Waals surface area contributed by atoms with Gasteiger partial charge in [0, 0.05) is 0 Å². The summed E-state index contributed by atoms with van der Waals surface area (Å²) in [6.07, 6.45) is 14.1. The van der Waals surface area contributed by atoms with E-state index in [1.165, 1.54) is 27.9 Å². The molecule has 210 valence electrons. The van der Waals surface area contributed by atoms with Crippen molar-refractivity contribution in [1.82, 2.24) is 0 Å². The van der Waals surface area contributed by atoms with Gasteiger partial charge in [-0.2, -0.15) is 0 Å². The summed E-state index contributed by atoms with van der Waals surface area (Å²) in [6.45, 7) is 39.4. The van der Waals surface area contributed by atoms with Crippen molar-refractivity contribution in [3.63, 3.8) is 0 Å². The standard InChI is InChI=1S/C12H22.C9H18O.C9H16.2C2H6/c1-10(2)8-7-9-11(3)12(4,5)6;1-8(2)6-5-7-9(3,4)10;1-8(2)6-5-7-9(3)4;2*1-2/h8H,3,7,9H2,1-2,4-6H3;6,10H,5,7H2,1-4H3;6-7H,5H2,1-4H3;2*1-2H3. The van der Waals surface area contributed by atoms with Crippen LogP contribution in [-0.2, 0) is 0 Å². The molecular weight excluding hydrogens is 424 g/mol. The lowest BCUT2D eigenvalue weighted by atomic mass is 9.85. The smallest absolute Gasteiger partial charge is 0.0594 e. The summed E-state index contributed by atoms with van der Waals surface area (Å²) in [5.74, 6) is 0. The van der Waals surface area contributed by atoms with E-state index < -0.39 is 5.60 Å². The van der Waals surface area contributed by atoms with E-state index in [9.17, 15) is 5.11 Å². The van der Waals surface area contributed by atoms with E-state index in [0.717, 1.165) is 32.1 Å². The first-order valence-corrected chi connectivity index (χ1v) is 13.8. The maximum absolute atomic E-state index is 9.30. The van der Waals surface area contributed by atoms with Crippen LogP contribution >= 0.6 is 0 Å². The second-order valence-electron chi connectivity index (χ2n) is 11.1. The maximum Gasteiger partial charge on any atom is 0.0594 e. The quantitative estimate of drug-likeness (QED) is 0.334. The molecule has 0 aromatic rings. The van der Waals surface area contributed by atoms with E-state index in [1.807, 2.05) is 41.5 Å². The van der Waals surface area contributed by atoms with E-state index >= 15 is 0 Å². The molecule has 0 unspecified atom stereocenters. The van der Waals surface area contributed by atoms with Gasteiger partial charge < -0.3 is 5.11 Å². The Hall–Kier alpha value is -1.34. The summed E-state index contributed by atoms with van der Waals surface area (Å²) in [7, 11) is 0. The number of hydrogen-bond donors (Lipinski definition) is 1. The molecule has 0 rings (SSSR count). The molecular formula is C34H68O. The summed E-state index contributed by atoms with van der Waals surface area (Å²) in [5.41, 5.74) is 6.63. The first-order chi connectivity index (χ1) is 15.9. The van der Waals surface area contributed by atoms with Crippen LogP contribution < -0.4 is 0 Å². The zero-order valence-electron chi connectivity index (χ0n) is 27.5. The molecule has 0 heterocycles. The summed E-state index contributed by atoms with van der Waals surface area (Å²) in [4.78, 5) is 0. The van der Waals surface area contributed by atoms with Crippen LogP contribution in [0.2, 0.25) is 0 Å². The van der Waals surface area contributed by atoms with E-state index in [0.29, 0.717) is 0 Å². The molecule has 0 aliphatic heterocycles. The Labute approximate surface area is 224 Å². The molecule has 0 aliphatic rings. The van der Waals surface area contributed by atoms with E-state index in [-0.39, 0.29) is 5.41 Å². The molecule has 0 spiro atoms. The van der Waals surface area contributed by atoms with Crippen molar-refractivity contribution in [1.29, 1.82) is 0 Å². The van der Waals surface area contributed by atoms with E-state index in [4.69, 9.17) is 0 Å². The minimum absolute atomic E-state index is 0.273. The molecule has 1 nitrogen and oxygen atoms in total. The molecule has 0 saturated heterocycles. The van der Waals surface area contributed by atoms with Crippen molar-refractivity contribution in [3.05, 3.63) is 58.7 Å². The second kappa shape index (κ2) is 27.3. The van der Waals surface area contributed by atoms with Crippen molar-refractivity contribution >= 4 is 0 Å². The highest BCUT2D eigenvalue weighted by molar-refractivity contribution is 5.07. The predicted octanol–water partition coefficient (Wildman–Crippen LogP) is 12.2. The Morgan fingerprint density at radius 1 is 0.600 bits per heavy atom. The first-order valence-electron chi connectivity index (χ1n) is 13.8. The van der Waals surface area contributed by atoms with Gasteiger partial charge in [-0.1, -0.05) is 107 Å². The highest BCUT2D eigenvalue weighted by Gasteiger charge is 2.13. The molecule has 0 amide bonds. The van der Waals surface area contributed by atoms with Crippen LogP contribution in [0.25, 0.3) is 0 Å². The second-order valence-corrected chi connectivity index (χ2v) is 11.1. The van der Waals surface area contributed by atoms with Crippen LogP contribution in [0.5, 0.6) is 0 Å². The largest absolute Gasteiger partial charge is 0.390 e. The molecule has 0 fully saturated rings. The Morgan fingerprint density at radius 3 is 1.17 bits per heavy atom. The molecule has 35 heavy (non-hydrogen) atoms. The minimum atomic E-state index is -0.508. The highest BCUT2D eigenvalue weighted by atomic mass is 16.3. The van der Waals surface area contributed by atoms with Gasteiger partial charge in [0.2, 0.25) is 0 Å². The van der Waals surface area contributed by atoms with Crippen LogP contribution in [-0.4, -0.2) is 10.7 Å². The van der Waals surface area contributed by atoms with Gasteiger partial charge in [-0.15, -0.1) is 0 Å². The molecule has 0 radical (unpaired) electrons. The third-order valence-electron chi connectivity index (χ3n) is 4.42. The zero-order chi connectivity index (χ0) is 29.3. The topological polar surface area (TPSA) is 20.2 Å². The SMILES string of the molecule is C=C(CCC=C(C)C)C(C)(C)C.CC.CC.CC(C)=CCC=C(C)C.CC(C)=CCCC(C)(C)O. The van der Waals surface area contributed by atoms with Gasteiger partial charge in [0.1, 0.15) is 0 Å². The van der Waals surface area contributed by atoms with Gasteiger partial charge in [0.15, 0.2) is 0 Å². The van der Waals surface area contributed by atoms with Gasteiger partial charge in [-0.3, -0.25) is 0 Å². The monoisotopic (exact) mass is 493 g/mol. The van der Waals surface area contributed by atoms with Crippen LogP contribution in [0.4, 0.5) is 0 Å². The molecule has 0 bridgehead atoms. The van der Waals surface area contributed by atoms with Gasteiger partial charge in [-0.05, 0) is 107 Å². The fourth-order valence-corrected chi connectivity index (χ4v) is 2.15. The van der Waals surface area contributed by atoms with Crippen molar-refractivity contribution < 1.29 is 5.11 Å². The van der Waals surface area contributed by atoms with Gasteiger partial charge in [0.25, 0.3) is 0 Å². The van der Waals surface area contributed by atoms with Crippen LogP contribution in [0.1, 0.15) is 150 Å². The minimum Gasteiger partial charge on any atom is -0.390 e. The average Bonchev–Trinajstić information content (AvgIpc) is 2.69. The van der Waals surface area contributed by atoms with Crippen molar-refractivity contribution in [2.45, 2.75) is 155 Å². The predicted molar refractivity (Wildman–Crippen MR) is 168 cm³/mol. The third-order valence-corrected chi connectivity index (χ3v) is 4.42. The lowest BCUT2D eigenvalue weighted by molar-refractivity contribution is 0.0721. The fourth-order valence-electron chi connectivity index (χ4n) is 2.15. The highest BCUT2D eigenvalue weighted by Crippen LogP contribution is 2.27. The fraction of sp³-hybridized carbons (Fsp3) is 0.706. The number of hydrogen-bond acceptors (Lipinski definition) is 1. The molecule has 1 heteroatoms. The van der Waals surface area contributed by atoms with Gasteiger partial charge in [-0.25, -0.2) is 0 Å². The van der Waals surface area contributed by atoms with Crippen LogP contribution in [0, 0.1) is 5.41 Å². The van der Waals surface area contributed by atoms with Gasteiger partial charge in [0.05, 0.1) is 5.60 Å². The Bertz CT molecular complexity index is 563. The number of rotatable bonds is 8. The van der Waals surface area contributed by atoms with Gasteiger partial charge >= 0.3 is 0 Å². The molecule has 1 N–H and O–H groups in total. The van der Waals surface area contributed by atoms with Crippen LogP contribution in [0.3, 0.4) is 0 Å². The Kier molecular flexibility index (Phi) is 34.0. The normalized spacial score (nSPS) is 9.54. The lowest BCUT2D eigenvalue weighted by Gasteiger charge is -2.21. The van der Waals surface area contributed by atoms with Crippen molar-refractivity contribution in [2.24, 2.45) is 5.41 Å². The summed E-state index contributed by atoms with van der Waals surface area (Å²) in [6, 6.07) is 0. The summed E-state index contributed by atoms with van der Waals surface area (Å²) in [5, 5.41) is 9.30. The maximum atomic E-state index is 9.30. The van der Waals surface area contributed by atoms with E-state index in [1.54, 1.807) is 0 Å². The molecule has 0 aromatic heterocycles. The lowest BCUT2D eigenvalue weighted by Crippen LogP contribution is -2.17.